The van der Waals surface area contributed by atoms with Gasteiger partial charge in [-0.05, 0) is 80.9 Å². The van der Waals surface area contributed by atoms with Crippen LogP contribution >= 0.6 is 23.2 Å². The molecule has 2 unspecified atom stereocenters. The lowest BCUT2D eigenvalue weighted by Crippen LogP contribution is -2.51. The first kappa shape index (κ1) is 17.4. The van der Waals surface area contributed by atoms with Gasteiger partial charge in [-0.15, -0.1) is 0 Å². The molecule has 4 fully saturated rings. The number of benzene rings is 1. The smallest absolute Gasteiger partial charge is 0.0997 e. The molecule has 140 valence electrons. The van der Waals surface area contributed by atoms with E-state index in [1.165, 1.54) is 75.9 Å². The van der Waals surface area contributed by atoms with E-state index >= 15 is 0 Å². The van der Waals surface area contributed by atoms with Gasteiger partial charge in [-0.3, -0.25) is 4.99 Å². The third-order valence-corrected chi connectivity index (χ3v) is 8.16. The lowest BCUT2D eigenvalue weighted by molar-refractivity contribution is 0.0429. The Morgan fingerprint density at radius 3 is 2.50 bits per heavy atom. The van der Waals surface area contributed by atoms with Crippen molar-refractivity contribution in [2.75, 3.05) is 13.1 Å². The highest BCUT2D eigenvalue weighted by Crippen LogP contribution is 2.61. The Balaban J connectivity index is 1.55. The number of piperidine rings is 1. The van der Waals surface area contributed by atoms with E-state index in [-0.39, 0.29) is 5.54 Å². The maximum atomic E-state index is 6.70. The maximum Gasteiger partial charge on any atom is 0.0997 e. The zero-order valence-electron chi connectivity index (χ0n) is 15.4. The average molecular weight is 391 g/mol. The molecule has 2 nitrogen and oxygen atoms in total. The molecular weight excluding hydrogens is 363 g/mol. The summed E-state index contributed by atoms with van der Waals surface area (Å²) in [5.74, 6) is 3.32. The van der Waals surface area contributed by atoms with E-state index in [0.717, 1.165) is 28.3 Å². The van der Waals surface area contributed by atoms with E-state index in [9.17, 15) is 0 Å². The Hall–Kier alpha value is -0.730. The monoisotopic (exact) mass is 390 g/mol. The predicted octanol–water partition coefficient (Wildman–Crippen LogP) is 6.31. The van der Waals surface area contributed by atoms with Gasteiger partial charge in [-0.2, -0.15) is 0 Å². The summed E-state index contributed by atoms with van der Waals surface area (Å²) in [6.07, 6.45) is 11.8. The summed E-state index contributed by atoms with van der Waals surface area (Å²) in [5, 5.41) is 1.58. The SMILES string of the molecule is Clc1ccc(C2C3CCC(CC3)C23CCC(N2CCCCC2)=N3)c(Cl)c1. The van der Waals surface area contributed by atoms with Crippen LogP contribution in [0.3, 0.4) is 0 Å². The molecule has 2 bridgehead atoms. The third-order valence-electron chi connectivity index (χ3n) is 7.59. The number of fused-ring (bicyclic) bond motifs is 2. The fraction of sp³-hybridized carbons (Fsp3) is 0.682. The fourth-order valence-corrected chi connectivity index (χ4v) is 6.98. The molecule has 3 aliphatic carbocycles. The minimum Gasteiger partial charge on any atom is -0.360 e. The quantitative estimate of drug-likeness (QED) is 0.547. The van der Waals surface area contributed by atoms with Crippen LogP contribution in [0.25, 0.3) is 0 Å². The number of amidine groups is 1. The van der Waals surface area contributed by atoms with Gasteiger partial charge in [0, 0.05) is 35.5 Å². The first-order valence-electron chi connectivity index (χ1n) is 10.5. The van der Waals surface area contributed by atoms with Crippen molar-refractivity contribution < 1.29 is 0 Å². The second-order valence-electron chi connectivity index (χ2n) is 8.82. The van der Waals surface area contributed by atoms with Crippen LogP contribution in [0.5, 0.6) is 0 Å². The largest absolute Gasteiger partial charge is 0.360 e. The summed E-state index contributed by atoms with van der Waals surface area (Å²) in [7, 11) is 0. The second-order valence-corrected chi connectivity index (χ2v) is 9.67. The highest BCUT2D eigenvalue weighted by atomic mass is 35.5. The molecule has 0 radical (unpaired) electrons. The van der Waals surface area contributed by atoms with Gasteiger partial charge in [0.1, 0.15) is 0 Å². The first-order chi connectivity index (χ1) is 12.7. The molecule has 4 heteroatoms. The molecule has 2 aliphatic heterocycles. The number of hydrogen-bond donors (Lipinski definition) is 0. The van der Waals surface area contributed by atoms with E-state index < -0.39 is 0 Å². The molecule has 0 amide bonds. The molecule has 2 heterocycles. The third kappa shape index (κ3) is 2.71. The van der Waals surface area contributed by atoms with Crippen LogP contribution in [0.1, 0.15) is 69.3 Å². The molecule has 2 atom stereocenters. The highest BCUT2D eigenvalue weighted by molar-refractivity contribution is 6.35. The molecule has 26 heavy (non-hydrogen) atoms. The van der Waals surface area contributed by atoms with Crippen molar-refractivity contribution in [2.24, 2.45) is 16.8 Å². The summed E-state index contributed by atoms with van der Waals surface area (Å²) in [6, 6.07) is 6.13. The molecule has 6 rings (SSSR count). The zero-order valence-corrected chi connectivity index (χ0v) is 16.9. The van der Waals surface area contributed by atoms with E-state index in [4.69, 9.17) is 28.2 Å². The van der Waals surface area contributed by atoms with Gasteiger partial charge in [0.2, 0.25) is 0 Å². The first-order valence-corrected chi connectivity index (χ1v) is 11.2. The summed E-state index contributed by atoms with van der Waals surface area (Å²) in [4.78, 5) is 8.14. The van der Waals surface area contributed by atoms with Crippen LogP contribution in [0.15, 0.2) is 23.2 Å². The van der Waals surface area contributed by atoms with Gasteiger partial charge in [0.15, 0.2) is 0 Å². The van der Waals surface area contributed by atoms with Gasteiger partial charge >= 0.3 is 0 Å². The molecule has 0 aromatic heterocycles. The van der Waals surface area contributed by atoms with Gasteiger partial charge in [-0.25, -0.2) is 0 Å². The van der Waals surface area contributed by atoms with Crippen molar-refractivity contribution in [2.45, 2.75) is 69.2 Å². The molecule has 3 saturated carbocycles. The summed E-state index contributed by atoms with van der Waals surface area (Å²) < 4.78 is 0. The fourth-order valence-electron chi connectivity index (χ4n) is 6.46. The lowest BCUT2D eigenvalue weighted by atomic mass is 9.52. The maximum absolute atomic E-state index is 6.70. The van der Waals surface area contributed by atoms with Crippen molar-refractivity contribution in [1.82, 2.24) is 4.90 Å². The molecule has 1 aromatic carbocycles. The lowest BCUT2D eigenvalue weighted by Gasteiger charge is -2.54. The van der Waals surface area contributed by atoms with Crippen molar-refractivity contribution in [3.8, 4) is 0 Å². The van der Waals surface area contributed by atoms with Crippen molar-refractivity contribution in [1.29, 1.82) is 0 Å². The Labute approximate surface area is 167 Å². The van der Waals surface area contributed by atoms with Crippen molar-refractivity contribution in [3.63, 3.8) is 0 Å². The van der Waals surface area contributed by atoms with Gasteiger partial charge < -0.3 is 4.90 Å². The second kappa shape index (κ2) is 6.71. The number of rotatable bonds is 1. The van der Waals surface area contributed by atoms with Crippen LogP contribution in [0.2, 0.25) is 10.0 Å². The Morgan fingerprint density at radius 1 is 1.00 bits per heavy atom. The molecular formula is C22H28Cl2N2. The number of aliphatic imine (C=N–C) groups is 1. The van der Waals surface area contributed by atoms with E-state index in [0.29, 0.717) is 5.92 Å². The molecule has 1 aromatic rings. The number of nitrogens with zero attached hydrogens (tertiary/aromatic N) is 2. The normalized spacial score (nSPS) is 36.6. The van der Waals surface area contributed by atoms with E-state index in [1.807, 2.05) is 12.1 Å². The van der Waals surface area contributed by atoms with Crippen LogP contribution in [0, 0.1) is 11.8 Å². The summed E-state index contributed by atoms with van der Waals surface area (Å²) in [6.45, 7) is 2.41. The van der Waals surface area contributed by atoms with Gasteiger partial charge in [-0.1, -0.05) is 29.3 Å². The topological polar surface area (TPSA) is 15.6 Å². The molecule has 5 aliphatic rings. The number of halogens is 2. The van der Waals surface area contributed by atoms with Crippen LogP contribution in [-0.2, 0) is 0 Å². The van der Waals surface area contributed by atoms with Gasteiger partial charge in [0.25, 0.3) is 0 Å². The van der Waals surface area contributed by atoms with Crippen LogP contribution < -0.4 is 0 Å². The highest BCUT2D eigenvalue weighted by Gasteiger charge is 2.57. The summed E-state index contributed by atoms with van der Waals surface area (Å²) in [5.41, 5.74) is 1.39. The molecule has 1 saturated heterocycles. The predicted molar refractivity (Wildman–Crippen MR) is 109 cm³/mol. The minimum absolute atomic E-state index is 0.0887. The van der Waals surface area contributed by atoms with Crippen molar-refractivity contribution >= 4 is 29.0 Å². The number of likely N-dealkylation sites (tertiary alicyclic amines) is 1. The zero-order chi connectivity index (χ0) is 17.7. The van der Waals surface area contributed by atoms with Crippen molar-refractivity contribution in [3.05, 3.63) is 33.8 Å². The van der Waals surface area contributed by atoms with E-state index in [2.05, 4.69) is 11.0 Å². The van der Waals surface area contributed by atoms with Crippen LogP contribution in [0.4, 0.5) is 0 Å². The van der Waals surface area contributed by atoms with Crippen LogP contribution in [-0.4, -0.2) is 29.4 Å². The average Bonchev–Trinajstić information content (AvgIpc) is 3.10. The molecule has 1 spiro atoms. The number of hydrogen-bond acceptors (Lipinski definition) is 2. The Morgan fingerprint density at radius 2 is 1.77 bits per heavy atom. The Kier molecular flexibility index (Phi) is 4.48. The Bertz CT molecular complexity index is 717. The minimum atomic E-state index is 0.0887. The summed E-state index contributed by atoms with van der Waals surface area (Å²) >= 11 is 12.9. The standard InChI is InChI=1S/C22H28Cl2N2/c23-17-8-9-18(19(24)14-17)21-15-4-6-16(7-5-15)22(21)11-10-20(25-22)26-12-2-1-3-13-26/h8-9,14-16,21H,1-7,10-13H2. The van der Waals surface area contributed by atoms with Gasteiger partial charge in [0.05, 0.1) is 11.4 Å². The van der Waals surface area contributed by atoms with E-state index in [1.54, 1.807) is 0 Å². The molecule has 0 N–H and O–H groups in total.